The number of piperidine rings is 1. The molecule has 11 heavy (non-hydrogen) atoms. The monoisotopic (exact) mass is 157 g/mol. The van der Waals surface area contributed by atoms with Crippen LogP contribution in [0.15, 0.2) is 0 Å². The number of hydrogen-bond donors (Lipinski definition) is 1. The molecular weight excluding hydrogens is 134 g/mol. The third-order valence-corrected chi connectivity index (χ3v) is 2.24. The summed E-state index contributed by atoms with van der Waals surface area (Å²) in [5.41, 5.74) is 0. The van der Waals surface area contributed by atoms with E-state index in [0.717, 1.165) is 11.8 Å². The second-order valence-corrected chi connectivity index (χ2v) is 3.27. The van der Waals surface area contributed by atoms with E-state index in [2.05, 4.69) is 19.2 Å². The molecule has 1 heteroatoms. The first-order valence-electron chi connectivity index (χ1n) is 5.03. The highest BCUT2D eigenvalue weighted by molar-refractivity contribution is 4.71. The molecule has 1 aliphatic heterocycles. The van der Waals surface area contributed by atoms with Gasteiger partial charge in [-0.2, -0.15) is 0 Å². The minimum absolute atomic E-state index is 0.906. The molecule has 0 saturated carbocycles. The highest BCUT2D eigenvalue weighted by atomic mass is 14.9. The van der Waals surface area contributed by atoms with Crippen LogP contribution >= 0.6 is 0 Å². The number of hydrogen-bond acceptors (Lipinski definition) is 1. The average molecular weight is 157 g/mol. The van der Waals surface area contributed by atoms with Gasteiger partial charge < -0.3 is 5.32 Å². The Morgan fingerprint density at radius 1 is 1.27 bits per heavy atom. The fourth-order valence-corrected chi connectivity index (χ4v) is 1.58. The molecule has 0 aromatic carbocycles. The van der Waals surface area contributed by atoms with E-state index in [-0.39, 0.29) is 0 Å². The Morgan fingerprint density at radius 2 is 1.91 bits per heavy atom. The first kappa shape index (κ1) is 11.0. The van der Waals surface area contributed by atoms with Gasteiger partial charge in [-0.15, -0.1) is 0 Å². The SMILES string of the molecule is CC.CCC1CNCC(C)C1. The van der Waals surface area contributed by atoms with Crippen molar-refractivity contribution < 1.29 is 0 Å². The smallest absolute Gasteiger partial charge is 0.00204 e. The minimum Gasteiger partial charge on any atom is -0.316 e. The van der Waals surface area contributed by atoms with Crippen molar-refractivity contribution in [2.45, 2.75) is 40.5 Å². The van der Waals surface area contributed by atoms with Crippen molar-refractivity contribution in [2.24, 2.45) is 11.8 Å². The van der Waals surface area contributed by atoms with Crippen LogP contribution in [0.25, 0.3) is 0 Å². The van der Waals surface area contributed by atoms with E-state index in [0.29, 0.717) is 0 Å². The van der Waals surface area contributed by atoms with Crippen molar-refractivity contribution in [2.75, 3.05) is 13.1 Å². The largest absolute Gasteiger partial charge is 0.316 e. The van der Waals surface area contributed by atoms with E-state index in [1.165, 1.54) is 25.9 Å². The van der Waals surface area contributed by atoms with E-state index in [1.54, 1.807) is 0 Å². The molecule has 0 aliphatic carbocycles. The van der Waals surface area contributed by atoms with Crippen LogP contribution in [0.3, 0.4) is 0 Å². The molecule has 1 N–H and O–H groups in total. The molecule has 1 saturated heterocycles. The van der Waals surface area contributed by atoms with Gasteiger partial charge in [-0.3, -0.25) is 0 Å². The highest BCUT2D eigenvalue weighted by Gasteiger charge is 2.15. The van der Waals surface area contributed by atoms with Crippen LogP contribution in [0, 0.1) is 11.8 Å². The summed E-state index contributed by atoms with van der Waals surface area (Å²) >= 11 is 0. The summed E-state index contributed by atoms with van der Waals surface area (Å²) in [5.74, 6) is 1.86. The molecular formula is C10H23N. The lowest BCUT2D eigenvalue weighted by Crippen LogP contribution is -2.34. The summed E-state index contributed by atoms with van der Waals surface area (Å²) in [7, 11) is 0. The second-order valence-electron chi connectivity index (χ2n) is 3.27. The minimum atomic E-state index is 0.906. The maximum atomic E-state index is 3.44. The fraction of sp³-hybridized carbons (Fsp3) is 1.00. The zero-order valence-electron chi connectivity index (χ0n) is 8.48. The Labute approximate surface area is 71.6 Å². The Bertz CT molecular complexity index is 80.9. The Balaban J connectivity index is 0.000000461. The van der Waals surface area contributed by atoms with Crippen LogP contribution in [0.1, 0.15) is 40.5 Å². The van der Waals surface area contributed by atoms with Crippen LogP contribution in [0.2, 0.25) is 0 Å². The predicted molar refractivity (Wildman–Crippen MR) is 51.8 cm³/mol. The molecule has 1 nitrogen and oxygen atoms in total. The summed E-state index contributed by atoms with van der Waals surface area (Å²) in [6.07, 6.45) is 2.78. The fourth-order valence-electron chi connectivity index (χ4n) is 1.58. The Hall–Kier alpha value is -0.0400. The van der Waals surface area contributed by atoms with E-state index in [1.807, 2.05) is 13.8 Å². The van der Waals surface area contributed by atoms with Gasteiger partial charge in [0.2, 0.25) is 0 Å². The lowest BCUT2D eigenvalue weighted by Gasteiger charge is -2.26. The molecule has 0 aromatic rings. The maximum Gasteiger partial charge on any atom is -0.00204 e. The van der Waals surface area contributed by atoms with E-state index in [9.17, 15) is 0 Å². The van der Waals surface area contributed by atoms with Gasteiger partial charge in [0.05, 0.1) is 0 Å². The molecule has 2 atom stereocenters. The van der Waals surface area contributed by atoms with Crippen LogP contribution in [-0.2, 0) is 0 Å². The van der Waals surface area contributed by atoms with Gasteiger partial charge in [0, 0.05) is 0 Å². The molecule has 2 unspecified atom stereocenters. The van der Waals surface area contributed by atoms with E-state index >= 15 is 0 Å². The second kappa shape index (κ2) is 6.66. The Kier molecular flexibility index (Phi) is 6.63. The van der Waals surface area contributed by atoms with Gasteiger partial charge in [-0.05, 0) is 31.3 Å². The first-order chi connectivity index (χ1) is 5.33. The first-order valence-corrected chi connectivity index (χ1v) is 5.03. The highest BCUT2D eigenvalue weighted by Crippen LogP contribution is 2.17. The average Bonchev–Trinajstić information content (AvgIpc) is 2.08. The Morgan fingerprint density at radius 3 is 2.27 bits per heavy atom. The van der Waals surface area contributed by atoms with Gasteiger partial charge in [-0.1, -0.05) is 34.1 Å². The van der Waals surface area contributed by atoms with Gasteiger partial charge in [0.1, 0.15) is 0 Å². The van der Waals surface area contributed by atoms with Gasteiger partial charge in [0.25, 0.3) is 0 Å². The number of nitrogens with one attached hydrogen (secondary N) is 1. The lowest BCUT2D eigenvalue weighted by atomic mass is 9.90. The van der Waals surface area contributed by atoms with E-state index in [4.69, 9.17) is 0 Å². The zero-order valence-corrected chi connectivity index (χ0v) is 8.48. The molecule has 68 valence electrons. The van der Waals surface area contributed by atoms with Crippen LogP contribution in [0.4, 0.5) is 0 Å². The maximum absolute atomic E-state index is 3.44. The lowest BCUT2D eigenvalue weighted by molar-refractivity contribution is 0.296. The molecule has 1 aliphatic rings. The van der Waals surface area contributed by atoms with Crippen molar-refractivity contribution in [3.8, 4) is 0 Å². The summed E-state index contributed by atoms with van der Waals surface area (Å²) < 4.78 is 0. The van der Waals surface area contributed by atoms with E-state index < -0.39 is 0 Å². The van der Waals surface area contributed by atoms with Crippen molar-refractivity contribution in [1.82, 2.24) is 5.32 Å². The molecule has 0 aromatic heterocycles. The normalized spacial score (nSPS) is 30.5. The third kappa shape index (κ3) is 4.41. The van der Waals surface area contributed by atoms with Gasteiger partial charge in [-0.25, -0.2) is 0 Å². The molecule has 1 heterocycles. The molecule has 0 amide bonds. The summed E-state index contributed by atoms with van der Waals surface area (Å²) in [4.78, 5) is 0. The van der Waals surface area contributed by atoms with Crippen molar-refractivity contribution in [3.63, 3.8) is 0 Å². The van der Waals surface area contributed by atoms with Crippen LogP contribution in [-0.4, -0.2) is 13.1 Å². The third-order valence-electron chi connectivity index (χ3n) is 2.24. The van der Waals surface area contributed by atoms with Crippen molar-refractivity contribution in [3.05, 3.63) is 0 Å². The molecule has 0 spiro atoms. The molecule has 0 bridgehead atoms. The molecule has 1 fully saturated rings. The standard InChI is InChI=1S/C8H17N.C2H6/c1-3-8-4-7(2)5-9-6-8;1-2/h7-9H,3-6H2,1-2H3;1-2H3. The van der Waals surface area contributed by atoms with Crippen molar-refractivity contribution in [1.29, 1.82) is 0 Å². The van der Waals surface area contributed by atoms with Crippen LogP contribution < -0.4 is 5.32 Å². The zero-order chi connectivity index (χ0) is 8.69. The summed E-state index contributed by atoms with van der Waals surface area (Å²) in [6.45, 7) is 11.1. The van der Waals surface area contributed by atoms with Gasteiger partial charge >= 0.3 is 0 Å². The van der Waals surface area contributed by atoms with Crippen molar-refractivity contribution >= 4 is 0 Å². The summed E-state index contributed by atoms with van der Waals surface area (Å²) in [6, 6.07) is 0. The topological polar surface area (TPSA) is 12.0 Å². The summed E-state index contributed by atoms with van der Waals surface area (Å²) in [5, 5.41) is 3.44. The predicted octanol–water partition coefficient (Wildman–Crippen LogP) is 2.67. The quantitative estimate of drug-likeness (QED) is 0.617. The molecule has 0 radical (unpaired) electrons. The van der Waals surface area contributed by atoms with Crippen LogP contribution in [0.5, 0.6) is 0 Å². The van der Waals surface area contributed by atoms with Gasteiger partial charge in [0.15, 0.2) is 0 Å². The molecule has 1 rings (SSSR count). The number of rotatable bonds is 1.